The fourth-order valence-electron chi connectivity index (χ4n) is 3.34. The number of anilines is 1. The predicted molar refractivity (Wildman–Crippen MR) is 108 cm³/mol. The number of carbonyl (C=O) groups excluding carboxylic acids is 2. The second-order valence-corrected chi connectivity index (χ2v) is 9.30. The molecule has 2 amide bonds. The van der Waals surface area contributed by atoms with E-state index in [9.17, 15) is 18.0 Å². The Kier molecular flexibility index (Phi) is 7.42. The molecule has 0 saturated heterocycles. The molecule has 0 atom stereocenters. The second-order valence-electron chi connectivity index (χ2n) is 7.28. The van der Waals surface area contributed by atoms with Crippen LogP contribution in [0.3, 0.4) is 0 Å². The van der Waals surface area contributed by atoms with E-state index >= 15 is 0 Å². The summed E-state index contributed by atoms with van der Waals surface area (Å²) in [5, 5.41) is 11.9. The van der Waals surface area contributed by atoms with Gasteiger partial charge in [-0.15, -0.1) is 0 Å². The minimum atomic E-state index is -3.35. The van der Waals surface area contributed by atoms with Gasteiger partial charge in [0.1, 0.15) is 0 Å². The molecule has 1 fully saturated rings. The van der Waals surface area contributed by atoms with Crippen molar-refractivity contribution in [1.29, 1.82) is 0 Å². The van der Waals surface area contributed by atoms with Gasteiger partial charge in [-0.1, -0.05) is 0 Å². The summed E-state index contributed by atoms with van der Waals surface area (Å²) in [6, 6.07) is 6.42. The molecule has 1 aromatic carbocycles. The van der Waals surface area contributed by atoms with E-state index in [2.05, 4.69) is 5.32 Å². The summed E-state index contributed by atoms with van der Waals surface area (Å²) in [4.78, 5) is 26.3. The summed E-state index contributed by atoms with van der Waals surface area (Å²) in [6.45, 7) is 0.284. The van der Waals surface area contributed by atoms with E-state index in [1.54, 1.807) is 36.2 Å². The Morgan fingerprint density at radius 3 is 2.18 bits per heavy atom. The van der Waals surface area contributed by atoms with Crippen LogP contribution in [0, 0.1) is 5.92 Å². The van der Waals surface area contributed by atoms with Gasteiger partial charge in [0.25, 0.3) is 5.91 Å². The van der Waals surface area contributed by atoms with Crippen molar-refractivity contribution in [2.45, 2.75) is 31.7 Å². The number of nitrogens with zero attached hydrogens (tertiary/aromatic N) is 2. The number of hydrogen-bond donors (Lipinski definition) is 2. The normalized spacial score (nSPS) is 19.7. The predicted octanol–water partition coefficient (Wildman–Crippen LogP) is 0.822. The Balaban J connectivity index is 1.88. The summed E-state index contributed by atoms with van der Waals surface area (Å²) in [7, 11) is -0.194. The van der Waals surface area contributed by atoms with Gasteiger partial charge >= 0.3 is 0 Å². The van der Waals surface area contributed by atoms with Gasteiger partial charge in [0.2, 0.25) is 15.9 Å². The summed E-state index contributed by atoms with van der Waals surface area (Å²) < 4.78 is 24.3. The average Bonchev–Trinajstić information content (AvgIpc) is 2.67. The zero-order chi connectivity index (χ0) is 20.9. The van der Waals surface area contributed by atoms with Crippen LogP contribution in [0.1, 0.15) is 36.0 Å². The number of amides is 2. The van der Waals surface area contributed by atoms with Gasteiger partial charge in [-0.05, 0) is 49.9 Å². The SMILES string of the molecule is CN(CCO)C(=O)C1CCC(NC(=O)c2ccc(N(C)S(C)(=O)=O)cc2)CC1. The highest BCUT2D eigenvalue weighted by atomic mass is 32.2. The lowest BCUT2D eigenvalue weighted by Gasteiger charge is -2.30. The van der Waals surface area contributed by atoms with Crippen LogP contribution in [0.15, 0.2) is 24.3 Å². The largest absolute Gasteiger partial charge is 0.395 e. The Labute approximate surface area is 166 Å². The van der Waals surface area contributed by atoms with Gasteiger partial charge in [-0.2, -0.15) is 0 Å². The number of aliphatic hydroxyl groups is 1. The van der Waals surface area contributed by atoms with Gasteiger partial charge in [-0.3, -0.25) is 13.9 Å². The molecule has 1 aromatic rings. The summed E-state index contributed by atoms with van der Waals surface area (Å²) in [6.07, 6.45) is 3.99. The molecular formula is C19H29N3O5S. The first kappa shape index (κ1) is 22.2. The van der Waals surface area contributed by atoms with E-state index in [-0.39, 0.29) is 30.4 Å². The first-order valence-corrected chi connectivity index (χ1v) is 11.2. The van der Waals surface area contributed by atoms with Gasteiger partial charge in [0, 0.05) is 38.2 Å². The molecular weight excluding hydrogens is 382 g/mol. The molecule has 8 nitrogen and oxygen atoms in total. The number of likely N-dealkylation sites (N-methyl/N-ethyl adjacent to an activating group) is 1. The summed E-state index contributed by atoms with van der Waals surface area (Å²) >= 11 is 0. The topological polar surface area (TPSA) is 107 Å². The van der Waals surface area contributed by atoms with Crippen LogP contribution >= 0.6 is 0 Å². The Morgan fingerprint density at radius 1 is 1.11 bits per heavy atom. The zero-order valence-corrected chi connectivity index (χ0v) is 17.4. The van der Waals surface area contributed by atoms with Crippen molar-refractivity contribution < 1.29 is 23.1 Å². The van der Waals surface area contributed by atoms with Crippen molar-refractivity contribution in [3.05, 3.63) is 29.8 Å². The van der Waals surface area contributed by atoms with Crippen molar-refractivity contribution in [1.82, 2.24) is 10.2 Å². The standard InChI is InChI=1S/C19H29N3O5S/c1-21(12-13-23)19(25)15-4-8-16(9-5-15)20-18(24)14-6-10-17(11-7-14)22(2)28(3,26)27/h6-7,10-11,15-16,23H,4-5,8-9,12-13H2,1-3H3,(H,20,24). The molecule has 1 aliphatic carbocycles. The van der Waals surface area contributed by atoms with Crippen LogP contribution in [0.5, 0.6) is 0 Å². The number of nitrogens with one attached hydrogen (secondary N) is 1. The first-order valence-electron chi connectivity index (χ1n) is 9.34. The number of hydrogen-bond acceptors (Lipinski definition) is 5. The zero-order valence-electron chi connectivity index (χ0n) is 16.6. The van der Waals surface area contributed by atoms with Crippen LogP contribution in [0.25, 0.3) is 0 Å². The van der Waals surface area contributed by atoms with E-state index in [4.69, 9.17) is 5.11 Å². The van der Waals surface area contributed by atoms with Crippen molar-refractivity contribution in [3.63, 3.8) is 0 Å². The molecule has 1 aliphatic rings. The van der Waals surface area contributed by atoms with Gasteiger partial charge < -0.3 is 15.3 Å². The molecule has 0 unspecified atom stereocenters. The maximum absolute atomic E-state index is 12.5. The quantitative estimate of drug-likeness (QED) is 0.691. The maximum atomic E-state index is 12.5. The van der Waals surface area contributed by atoms with Crippen LogP contribution in [0.4, 0.5) is 5.69 Å². The lowest BCUT2D eigenvalue weighted by atomic mass is 9.85. The van der Waals surface area contributed by atoms with E-state index in [1.165, 1.54) is 7.05 Å². The number of rotatable bonds is 7. The third kappa shape index (κ3) is 5.68. The van der Waals surface area contributed by atoms with Crippen molar-refractivity contribution >= 4 is 27.5 Å². The molecule has 0 heterocycles. The minimum absolute atomic E-state index is 0.0121. The van der Waals surface area contributed by atoms with Crippen LogP contribution in [0.2, 0.25) is 0 Å². The summed E-state index contributed by atoms with van der Waals surface area (Å²) in [5.74, 6) is -0.222. The average molecular weight is 412 g/mol. The highest BCUT2D eigenvalue weighted by molar-refractivity contribution is 7.92. The Morgan fingerprint density at radius 2 is 1.68 bits per heavy atom. The molecule has 0 spiro atoms. The molecule has 2 N–H and O–H groups in total. The van der Waals surface area contributed by atoms with E-state index in [0.717, 1.165) is 23.4 Å². The number of aliphatic hydroxyl groups excluding tert-OH is 1. The van der Waals surface area contributed by atoms with Crippen LogP contribution in [-0.2, 0) is 14.8 Å². The number of sulfonamides is 1. The smallest absolute Gasteiger partial charge is 0.251 e. The third-order valence-electron chi connectivity index (χ3n) is 5.21. The Bertz CT molecular complexity index is 786. The summed E-state index contributed by atoms with van der Waals surface area (Å²) in [5.41, 5.74) is 0.955. The second kappa shape index (κ2) is 9.38. The maximum Gasteiger partial charge on any atom is 0.251 e. The van der Waals surface area contributed by atoms with Gasteiger partial charge in [-0.25, -0.2) is 8.42 Å². The molecule has 156 valence electrons. The van der Waals surface area contributed by atoms with Crippen LogP contribution < -0.4 is 9.62 Å². The van der Waals surface area contributed by atoms with E-state index in [1.807, 2.05) is 0 Å². The number of carbonyl (C=O) groups is 2. The highest BCUT2D eigenvalue weighted by Gasteiger charge is 2.29. The van der Waals surface area contributed by atoms with Gasteiger partial charge in [0.15, 0.2) is 0 Å². The van der Waals surface area contributed by atoms with Crippen molar-refractivity contribution in [2.75, 3.05) is 37.8 Å². The van der Waals surface area contributed by atoms with Crippen LogP contribution in [-0.4, -0.2) is 69.8 Å². The molecule has 9 heteroatoms. The molecule has 0 radical (unpaired) electrons. The Hall–Kier alpha value is -2.13. The minimum Gasteiger partial charge on any atom is -0.395 e. The van der Waals surface area contributed by atoms with Crippen molar-refractivity contribution in [2.24, 2.45) is 5.92 Å². The molecule has 28 heavy (non-hydrogen) atoms. The molecule has 2 rings (SSSR count). The fourth-order valence-corrected chi connectivity index (χ4v) is 3.84. The highest BCUT2D eigenvalue weighted by Crippen LogP contribution is 2.26. The van der Waals surface area contributed by atoms with E-state index in [0.29, 0.717) is 30.6 Å². The fraction of sp³-hybridized carbons (Fsp3) is 0.579. The van der Waals surface area contributed by atoms with Crippen molar-refractivity contribution in [3.8, 4) is 0 Å². The molecule has 1 saturated carbocycles. The number of benzene rings is 1. The van der Waals surface area contributed by atoms with E-state index < -0.39 is 10.0 Å². The lowest BCUT2D eigenvalue weighted by molar-refractivity contribution is -0.135. The lowest BCUT2D eigenvalue weighted by Crippen LogP contribution is -2.41. The first-order chi connectivity index (χ1) is 13.1. The molecule has 0 bridgehead atoms. The third-order valence-corrected chi connectivity index (χ3v) is 6.42. The monoisotopic (exact) mass is 411 g/mol. The molecule has 0 aromatic heterocycles. The molecule has 0 aliphatic heterocycles. The van der Waals surface area contributed by atoms with Gasteiger partial charge in [0.05, 0.1) is 18.6 Å².